The zero-order chi connectivity index (χ0) is 40.9. The van der Waals surface area contributed by atoms with Gasteiger partial charge in [0.25, 0.3) is 0 Å². The Kier molecular flexibility index (Phi) is 10.9. The fourth-order valence-electron chi connectivity index (χ4n) is 10.2. The minimum Gasteiger partial charge on any atom is -0.207 e. The normalized spacial score (nSPS) is 17.6. The van der Waals surface area contributed by atoms with Gasteiger partial charge in [0, 0.05) is 7.26 Å². The van der Waals surface area contributed by atoms with Crippen LogP contribution in [0.2, 0.25) is 5.82 Å². The van der Waals surface area contributed by atoms with E-state index in [4.69, 9.17) is 0 Å². The van der Waals surface area contributed by atoms with Crippen LogP contribution in [0, 0.1) is 87.3 Å². The SMILES string of the molecule is CC(C)(C)[P+]([C@H]1C=C[C@H]([B-](c2c(F)c(F)c(F)c(F)c2F)(c2c(F)c(F)c(F)c(F)c2F)c2c(F)c(F)c(F)c(F)c2F)CC1)(C(C)(C)C)C(C)(C)C. The van der Waals surface area contributed by atoms with Crippen molar-refractivity contribution in [1.82, 2.24) is 0 Å². The van der Waals surface area contributed by atoms with E-state index < -0.39 is 150 Å². The number of hydrogen-bond acceptors (Lipinski definition) is 0. The van der Waals surface area contributed by atoms with Gasteiger partial charge in [-0.15, -0.1) is 28.3 Å². The average Bonchev–Trinajstić information content (AvgIpc) is 3.04. The van der Waals surface area contributed by atoms with Crippen LogP contribution in [0.1, 0.15) is 75.2 Å². The molecule has 4 rings (SSSR count). The molecule has 0 N–H and O–H groups in total. The number of allylic oxidation sites excluding steroid dienone is 2. The lowest BCUT2D eigenvalue weighted by Gasteiger charge is -2.59. The van der Waals surface area contributed by atoms with Crippen LogP contribution in [0.5, 0.6) is 0 Å². The van der Waals surface area contributed by atoms with Crippen LogP contribution in [0.3, 0.4) is 0 Å². The predicted octanol–water partition coefficient (Wildman–Crippen LogP) is 10.7. The summed E-state index contributed by atoms with van der Waals surface area (Å²) < 4.78 is 230. The smallest absolute Gasteiger partial charge is 0.200 e. The maximum absolute atomic E-state index is 16.1. The van der Waals surface area contributed by atoms with Gasteiger partial charge in [-0.2, -0.15) is 0 Å². The maximum atomic E-state index is 16.1. The molecule has 0 aliphatic heterocycles. The van der Waals surface area contributed by atoms with Crippen LogP contribution >= 0.6 is 7.26 Å². The first-order valence-corrected chi connectivity index (χ1v) is 18.1. The van der Waals surface area contributed by atoms with E-state index in [0.29, 0.717) is 0 Å². The Morgan fingerprint density at radius 2 is 0.604 bits per heavy atom. The van der Waals surface area contributed by atoms with Crippen LogP contribution < -0.4 is 16.4 Å². The molecule has 0 bridgehead atoms. The monoisotopic (exact) mass is 794 g/mol. The molecule has 0 spiro atoms. The summed E-state index contributed by atoms with van der Waals surface area (Å²) in [5, 5.41) is -1.67. The molecule has 292 valence electrons. The van der Waals surface area contributed by atoms with Crippen molar-refractivity contribution in [2.45, 2.75) is 102 Å². The molecule has 0 aromatic heterocycles. The van der Waals surface area contributed by atoms with E-state index in [1.54, 1.807) is 0 Å². The summed E-state index contributed by atoms with van der Waals surface area (Å²) in [4.78, 5) is 0. The minimum atomic E-state index is -5.67. The molecular weight excluding hydrogens is 759 g/mol. The summed E-state index contributed by atoms with van der Waals surface area (Å²) in [6.45, 7) is 17.3. The van der Waals surface area contributed by atoms with E-state index in [2.05, 4.69) is 0 Å². The predicted molar refractivity (Wildman–Crippen MR) is 175 cm³/mol. The van der Waals surface area contributed by atoms with Gasteiger partial charge in [-0.1, -0.05) is 12.5 Å². The van der Waals surface area contributed by atoms with Gasteiger partial charge in [0.1, 0.15) is 41.0 Å². The summed E-state index contributed by atoms with van der Waals surface area (Å²) in [6.07, 6.45) is -4.66. The lowest BCUT2D eigenvalue weighted by atomic mass is 9.09. The molecular formula is C36H35BF15P. The number of benzene rings is 3. The van der Waals surface area contributed by atoms with Crippen molar-refractivity contribution in [2.75, 3.05) is 0 Å². The Balaban J connectivity index is 2.41. The van der Waals surface area contributed by atoms with Gasteiger partial charge in [0.2, 0.25) is 0 Å². The molecule has 1 aliphatic carbocycles. The minimum absolute atomic E-state index is 0.273. The third-order valence-corrected chi connectivity index (χ3v) is 18.6. The number of halogens is 15. The van der Waals surface area contributed by atoms with Crippen molar-refractivity contribution >= 4 is 29.8 Å². The van der Waals surface area contributed by atoms with Crippen molar-refractivity contribution < 1.29 is 65.9 Å². The van der Waals surface area contributed by atoms with Gasteiger partial charge >= 0.3 is 0 Å². The van der Waals surface area contributed by atoms with Crippen molar-refractivity contribution in [3.63, 3.8) is 0 Å². The van der Waals surface area contributed by atoms with E-state index in [9.17, 15) is 13.2 Å². The van der Waals surface area contributed by atoms with Gasteiger partial charge in [0.05, 0.1) is 21.1 Å². The Labute approximate surface area is 297 Å². The van der Waals surface area contributed by atoms with Crippen molar-refractivity contribution in [3.8, 4) is 0 Å². The Bertz CT molecular complexity index is 1730. The van der Waals surface area contributed by atoms with E-state index >= 15 is 52.7 Å². The Morgan fingerprint density at radius 3 is 0.792 bits per heavy atom. The van der Waals surface area contributed by atoms with E-state index in [-0.39, 0.29) is 6.42 Å². The third-order valence-electron chi connectivity index (χ3n) is 10.8. The lowest BCUT2D eigenvalue weighted by molar-refractivity contribution is 0.379. The molecule has 1 aliphatic rings. The highest BCUT2D eigenvalue weighted by atomic mass is 31.2. The van der Waals surface area contributed by atoms with Crippen molar-refractivity contribution in [1.29, 1.82) is 0 Å². The van der Waals surface area contributed by atoms with Crippen LogP contribution in [-0.2, 0) is 0 Å². The molecule has 0 unspecified atom stereocenters. The molecule has 2 atom stereocenters. The summed E-state index contributed by atoms with van der Waals surface area (Å²) in [7, 11) is -2.57. The molecule has 3 aromatic carbocycles. The van der Waals surface area contributed by atoms with Crippen molar-refractivity contribution in [2.24, 2.45) is 0 Å². The highest BCUT2D eigenvalue weighted by molar-refractivity contribution is 7.80. The van der Waals surface area contributed by atoms with Gasteiger partial charge in [-0.3, -0.25) is 0 Å². The lowest BCUT2D eigenvalue weighted by Crippen LogP contribution is -2.75. The molecule has 0 amide bonds. The fourth-order valence-corrected chi connectivity index (χ4v) is 20.1. The zero-order valence-electron chi connectivity index (χ0n) is 29.9. The molecule has 53 heavy (non-hydrogen) atoms. The molecule has 0 fully saturated rings. The number of hydrogen-bond donors (Lipinski definition) is 0. The molecule has 0 radical (unpaired) electrons. The van der Waals surface area contributed by atoms with Gasteiger partial charge in [-0.25, -0.2) is 65.9 Å². The Hall–Kier alpha value is -3.16. The summed E-state index contributed by atoms with van der Waals surface area (Å²) in [5.41, 5.74) is -8.30. The van der Waals surface area contributed by atoms with E-state index in [0.717, 1.165) is 6.08 Å². The van der Waals surface area contributed by atoms with Crippen LogP contribution in [-0.4, -0.2) is 27.3 Å². The van der Waals surface area contributed by atoms with Gasteiger partial charge < -0.3 is 0 Å². The Morgan fingerprint density at radius 1 is 0.377 bits per heavy atom. The van der Waals surface area contributed by atoms with Crippen LogP contribution in [0.4, 0.5) is 65.9 Å². The summed E-state index contributed by atoms with van der Waals surface area (Å²) in [6, 6.07) is 0. The highest BCUT2D eigenvalue weighted by Gasteiger charge is 2.68. The molecule has 17 heteroatoms. The first-order chi connectivity index (χ1) is 24.0. The summed E-state index contributed by atoms with van der Waals surface area (Å²) in [5.74, 6) is -47.1. The second-order valence-electron chi connectivity index (χ2n) is 16.3. The third kappa shape index (κ3) is 5.81. The first-order valence-electron chi connectivity index (χ1n) is 16.3. The van der Waals surface area contributed by atoms with E-state index in [1.165, 1.54) is 6.08 Å². The molecule has 0 nitrogen and oxygen atoms in total. The van der Waals surface area contributed by atoms with Crippen molar-refractivity contribution in [3.05, 3.63) is 99.4 Å². The summed E-state index contributed by atoms with van der Waals surface area (Å²) >= 11 is 0. The van der Waals surface area contributed by atoms with E-state index in [1.807, 2.05) is 62.3 Å². The number of rotatable bonds is 5. The first kappa shape index (κ1) is 42.6. The fraction of sp³-hybridized carbons (Fsp3) is 0.444. The zero-order valence-corrected chi connectivity index (χ0v) is 30.8. The topological polar surface area (TPSA) is 0 Å². The quantitative estimate of drug-likeness (QED) is 0.0603. The highest BCUT2D eigenvalue weighted by Crippen LogP contribution is 2.86. The van der Waals surface area contributed by atoms with Gasteiger partial charge in [-0.05, 0) is 68.7 Å². The second kappa shape index (κ2) is 13.5. The molecule has 0 saturated carbocycles. The second-order valence-corrected chi connectivity index (χ2v) is 22.4. The van der Waals surface area contributed by atoms with Crippen LogP contribution in [0.25, 0.3) is 0 Å². The molecule has 0 saturated heterocycles. The molecule has 0 heterocycles. The van der Waals surface area contributed by atoms with Gasteiger partial charge in [0.15, 0.2) is 52.4 Å². The average molecular weight is 794 g/mol. The molecule has 3 aromatic rings. The largest absolute Gasteiger partial charge is 0.207 e. The van der Waals surface area contributed by atoms with Crippen LogP contribution in [0.15, 0.2) is 12.2 Å². The maximum Gasteiger partial charge on any atom is 0.200 e. The standard InChI is InChI=1S/C36H35BF15P/c1-34(2,3)53(35(4,5)6,36(7,8)9)15-12-10-14(11-13-15)37(16-19(38)25(44)31(50)26(45)20(16)39,17-21(40)27(46)32(51)28(47)22(17)41)18-23(42)29(48)33(52)30(49)24(18)43/h10,12,14-15H,11,13H2,1-9H3/t14-,15-/m0/s1.